The normalized spacial score (nSPS) is 0. The molecule has 43 valence electrons. The Morgan fingerprint density at radius 3 is 1.00 bits per heavy atom. The van der Waals surface area contributed by atoms with E-state index >= 15 is 0 Å². The maximum atomic E-state index is 0. The molecule has 0 N–H and O–H groups in total. The molecule has 0 aliphatic heterocycles. The zero-order valence-electron chi connectivity index (χ0n) is 0.879. The monoisotopic (exact) mass is 579 g/mol. The van der Waals surface area contributed by atoms with Crippen molar-refractivity contribution in [1.29, 1.82) is 0 Å². The number of rotatable bonds is 0. The van der Waals surface area contributed by atoms with Crippen molar-refractivity contribution in [3.05, 3.63) is 0 Å². The van der Waals surface area contributed by atoms with Gasteiger partial charge in [0.05, 0.1) is 0 Å². The number of hydrogen-bond acceptors (Lipinski definition) is 0. The largest absolute Gasteiger partial charge is 0 e. The predicted molar refractivity (Wildman–Crippen MR) is 9.94 cm³/mol. The average molecular weight is 578 g/mol. The third kappa shape index (κ3) is 9.86. The van der Waals surface area contributed by atoms with E-state index in [2.05, 4.69) is 0 Å². The van der Waals surface area contributed by atoms with Gasteiger partial charge in [0.1, 0.15) is 0 Å². The van der Waals surface area contributed by atoms with E-state index in [1.54, 1.807) is 0 Å². The molecular formula is H3GaGdLuYb. The summed E-state index contributed by atoms with van der Waals surface area (Å²) in [5.74, 6) is 0. The molecule has 0 saturated heterocycles. The van der Waals surface area contributed by atoms with Crippen LogP contribution in [0.15, 0.2) is 0 Å². The van der Waals surface area contributed by atoms with Gasteiger partial charge in [0.25, 0.3) is 0 Å². The molecule has 0 spiro atoms. The van der Waals surface area contributed by atoms with Crippen LogP contribution in [-0.4, -0.2) is 19.8 Å². The quantitative estimate of drug-likeness (QED) is 0.318. The van der Waals surface area contributed by atoms with E-state index in [4.69, 9.17) is 0 Å². The summed E-state index contributed by atoms with van der Waals surface area (Å²) in [6, 6.07) is 0. The van der Waals surface area contributed by atoms with Crippen molar-refractivity contribution in [2.45, 2.75) is 0 Å². The van der Waals surface area contributed by atoms with Gasteiger partial charge in [-0.1, -0.05) is 0 Å². The van der Waals surface area contributed by atoms with Crippen LogP contribution in [0.4, 0.5) is 0 Å². The predicted octanol–water partition coefficient (Wildman–Crippen LogP) is -1.18. The minimum atomic E-state index is 0. The van der Waals surface area contributed by atoms with Gasteiger partial charge in [0, 0.05) is 124 Å². The van der Waals surface area contributed by atoms with Crippen LogP contribution >= 0.6 is 0 Å². The zero-order valence-corrected chi connectivity index (χ0v) is 6.52. The maximum absolute atomic E-state index is 0. The number of hydrogen-bond donors (Lipinski definition) is 0. The van der Waals surface area contributed by atoms with Crippen LogP contribution in [0.2, 0.25) is 0 Å². The topological polar surface area (TPSA) is 0 Å². The van der Waals surface area contributed by atoms with Crippen LogP contribution in [0, 0.1) is 124 Å². The molecule has 0 aromatic rings. The molecule has 0 aliphatic carbocycles. The van der Waals surface area contributed by atoms with Gasteiger partial charge in [-0.3, -0.25) is 0 Å². The molecule has 0 amide bonds. The second-order valence-corrected chi connectivity index (χ2v) is 0. The summed E-state index contributed by atoms with van der Waals surface area (Å²) in [4.78, 5) is 0. The van der Waals surface area contributed by atoms with E-state index in [1.807, 2.05) is 0 Å². The van der Waals surface area contributed by atoms with Crippen LogP contribution in [0.25, 0.3) is 0 Å². The van der Waals surface area contributed by atoms with Gasteiger partial charge in [0.15, 0.2) is 0 Å². The fourth-order valence-corrected chi connectivity index (χ4v) is 0. The van der Waals surface area contributed by atoms with E-state index in [9.17, 15) is 0 Å². The third-order valence-corrected chi connectivity index (χ3v) is 0. The summed E-state index contributed by atoms with van der Waals surface area (Å²) in [5, 5.41) is 0. The van der Waals surface area contributed by atoms with E-state index in [1.165, 1.54) is 0 Å². The van der Waals surface area contributed by atoms with E-state index in [0.29, 0.717) is 0 Å². The molecule has 1 radical (unpaired) electrons. The molecule has 0 rings (SSSR count). The van der Waals surface area contributed by atoms with Gasteiger partial charge in [-0.2, -0.15) is 0 Å². The van der Waals surface area contributed by atoms with Crippen LogP contribution in [0.3, 0.4) is 0 Å². The minimum Gasteiger partial charge on any atom is 0 e. The molecule has 4 heavy (non-hydrogen) atoms. The van der Waals surface area contributed by atoms with Gasteiger partial charge in [-0.25, -0.2) is 0 Å². The summed E-state index contributed by atoms with van der Waals surface area (Å²) in [6.07, 6.45) is 0. The van der Waals surface area contributed by atoms with E-state index in [-0.39, 0.29) is 144 Å². The Balaban J connectivity index is 0. The molecule has 0 aliphatic rings. The van der Waals surface area contributed by atoms with Crippen molar-refractivity contribution in [1.82, 2.24) is 0 Å². The van der Waals surface area contributed by atoms with Gasteiger partial charge in [-0.15, -0.1) is 0 Å². The van der Waals surface area contributed by atoms with Crippen LogP contribution in [0.1, 0.15) is 0 Å². The fourth-order valence-electron chi connectivity index (χ4n) is 0. The molecule has 0 saturated carbocycles. The fraction of sp³-hybridized carbons (Fsp3) is 0. The first-order chi connectivity index (χ1) is 0. The Labute approximate surface area is 139 Å². The third-order valence-electron chi connectivity index (χ3n) is 0. The summed E-state index contributed by atoms with van der Waals surface area (Å²) in [7, 11) is 0. The Morgan fingerprint density at radius 2 is 1.00 bits per heavy atom. The first-order valence-electron chi connectivity index (χ1n) is 0. The molecule has 0 nitrogen and oxygen atoms in total. The second kappa shape index (κ2) is 15.6. The van der Waals surface area contributed by atoms with Crippen molar-refractivity contribution < 1.29 is 124 Å². The first kappa shape index (κ1) is 23.3. The molecular weight excluding hydrogens is 575 g/mol. The maximum Gasteiger partial charge on any atom is 0 e. The SMILES string of the molecule is [GaH3].[Gd].[Lu].[Yb]. The van der Waals surface area contributed by atoms with Crippen molar-refractivity contribution in [3.8, 4) is 0 Å². The van der Waals surface area contributed by atoms with E-state index in [0.717, 1.165) is 0 Å². The van der Waals surface area contributed by atoms with Crippen molar-refractivity contribution in [2.24, 2.45) is 0 Å². The summed E-state index contributed by atoms with van der Waals surface area (Å²) >= 11 is 0. The second-order valence-electron chi connectivity index (χ2n) is 0. The molecule has 4 heteroatoms. The molecule has 0 fully saturated rings. The van der Waals surface area contributed by atoms with E-state index < -0.39 is 0 Å². The molecule has 0 atom stereocenters. The first-order valence-corrected chi connectivity index (χ1v) is 0. The Bertz CT molecular complexity index is 8.00. The average Bonchev–Trinajstić information content (AvgIpc) is 0. The summed E-state index contributed by atoms with van der Waals surface area (Å²) in [6.45, 7) is 0. The van der Waals surface area contributed by atoms with Crippen LogP contribution < -0.4 is 0 Å². The molecule has 0 aromatic carbocycles. The van der Waals surface area contributed by atoms with Gasteiger partial charge < -0.3 is 0 Å². The standard InChI is InChI=1S/Ga.Gd.Lu.Yb.3H. The summed E-state index contributed by atoms with van der Waals surface area (Å²) in [5.41, 5.74) is 0. The zero-order chi connectivity index (χ0) is 0. The van der Waals surface area contributed by atoms with Gasteiger partial charge in [-0.05, 0) is 0 Å². The van der Waals surface area contributed by atoms with Gasteiger partial charge in [0.2, 0.25) is 0 Å². The molecule has 0 aromatic heterocycles. The van der Waals surface area contributed by atoms with Crippen LogP contribution in [0.5, 0.6) is 0 Å². The molecule has 0 bridgehead atoms. The van der Waals surface area contributed by atoms with Crippen LogP contribution in [-0.2, 0) is 0 Å². The molecule has 0 unspecified atom stereocenters. The Kier molecular flexibility index (Phi) is 91.3. The molecule has 0 heterocycles. The Morgan fingerprint density at radius 1 is 1.00 bits per heavy atom. The van der Waals surface area contributed by atoms with Crippen molar-refractivity contribution in [3.63, 3.8) is 0 Å². The summed E-state index contributed by atoms with van der Waals surface area (Å²) < 4.78 is 0. The van der Waals surface area contributed by atoms with Gasteiger partial charge >= 0.3 is 19.8 Å². The minimum absolute atomic E-state index is 0. The smallest absolute Gasteiger partial charge is 0 e. The Hall–Kier alpha value is 4.71. The van der Waals surface area contributed by atoms with Crippen molar-refractivity contribution in [2.75, 3.05) is 0 Å². The van der Waals surface area contributed by atoms with Crippen molar-refractivity contribution >= 4 is 19.8 Å².